The number of hydrogen-bond acceptors (Lipinski definition) is 4. The number of ether oxygens (including phenoxy) is 4. The van der Waals surface area contributed by atoms with Gasteiger partial charge in [0.1, 0.15) is 0 Å². The van der Waals surface area contributed by atoms with Crippen molar-refractivity contribution in [3.63, 3.8) is 0 Å². The fourth-order valence-corrected chi connectivity index (χ4v) is 4.57. The molecule has 1 heterocycles. The summed E-state index contributed by atoms with van der Waals surface area (Å²) in [6.07, 6.45) is 6.15. The molecule has 0 saturated carbocycles. The zero-order valence-corrected chi connectivity index (χ0v) is 21.0. The predicted octanol–water partition coefficient (Wildman–Crippen LogP) is 7.41. The Balaban J connectivity index is 1.31. The smallest absolute Gasteiger partial charge is 0.184 e. The highest BCUT2D eigenvalue weighted by atomic mass is 16.7. The Morgan fingerprint density at radius 3 is 2.08 bits per heavy atom. The molecule has 3 aromatic carbocycles. The Morgan fingerprint density at radius 1 is 0.806 bits per heavy atom. The van der Waals surface area contributed by atoms with Crippen LogP contribution in [0, 0.1) is 0 Å². The van der Waals surface area contributed by atoms with Crippen LogP contribution in [0.15, 0.2) is 104 Å². The molecule has 0 spiro atoms. The van der Waals surface area contributed by atoms with Gasteiger partial charge in [-0.2, -0.15) is 0 Å². The molecule has 1 aliphatic heterocycles. The number of benzene rings is 3. The van der Waals surface area contributed by atoms with Crippen LogP contribution in [-0.2, 0) is 32.2 Å². The van der Waals surface area contributed by atoms with E-state index >= 15 is 0 Å². The van der Waals surface area contributed by atoms with Crippen LogP contribution >= 0.6 is 0 Å². The van der Waals surface area contributed by atoms with E-state index in [0.29, 0.717) is 13.2 Å². The molecule has 0 radical (unpaired) electrons. The molecule has 3 aromatic rings. The fourth-order valence-electron chi connectivity index (χ4n) is 4.57. The zero-order chi connectivity index (χ0) is 24.8. The van der Waals surface area contributed by atoms with Crippen molar-refractivity contribution in [1.82, 2.24) is 0 Å². The maximum atomic E-state index is 6.45. The average molecular weight is 487 g/mol. The van der Waals surface area contributed by atoms with Crippen LogP contribution in [0.4, 0.5) is 0 Å². The van der Waals surface area contributed by atoms with E-state index in [1.807, 2.05) is 60.7 Å². The standard InChI is InChI=1S/C32H38O4/c1-2-13-29(34-25-27-16-8-4-9-17-27)22-31-23-30(35-32(36-31)28-18-10-5-11-19-28)20-12-21-33-24-26-14-6-3-7-15-26/h2-11,14-19,29-32H,1,12-13,20-25H2/t29-,30+,31-,32+/m1/s1. The van der Waals surface area contributed by atoms with Crippen molar-refractivity contribution >= 4 is 0 Å². The van der Waals surface area contributed by atoms with Crippen LogP contribution in [0.1, 0.15) is 55.1 Å². The Bertz CT molecular complexity index is 992. The molecule has 1 aliphatic rings. The van der Waals surface area contributed by atoms with Gasteiger partial charge in [-0.1, -0.05) is 97.1 Å². The summed E-state index contributed by atoms with van der Waals surface area (Å²) in [5.41, 5.74) is 3.43. The summed E-state index contributed by atoms with van der Waals surface area (Å²) in [7, 11) is 0. The second kappa shape index (κ2) is 14.7. The molecule has 0 amide bonds. The van der Waals surface area contributed by atoms with Gasteiger partial charge in [-0.15, -0.1) is 6.58 Å². The van der Waals surface area contributed by atoms with Crippen molar-refractivity contribution < 1.29 is 18.9 Å². The minimum absolute atomic E-state index is 0.0529. The molecule has 0 aliphatic carbocycles. The lowest BCUT2D eigenvalue weighted by molar-refractivity contribution is -0.254. The normalized spacial score (nSPS) is 20.6. The van der Waals surface area contributed by atoms with Crippen molar-refractivity contribution in [2.45, 2.75) is 69.9 Å². The highest BCUT2D eigenvalue weighted by Crippen LogP contribution is 2.34. The largest absolute Gasteiger partial charge is 0.377 e. The molecule has 4 nitrogen and oxygen atoms in total. The molecule has 4 heteroatoms. The van der Waals surface area contributed by atoms with Crippen molar-refractivity contribution in [3.8, 4) is 0 Å². The Hall–Kier alpha value is -2.76. The van der Waals surface area contributed by atoms with Gasteiger partial charge < -0.3 is 18.9 Å². The van der Waals surface area contributed by atoms with Gasteiger partial charge in [0.2, 0.25) is 0 Å². The summed E-state index contributed by atoms with van der Waals surface area (Å²) in [6, 6.07) is 30.8. The topological polar surface area (TPSA) is 36.9 Å². The second-order valence-electron chi connectivity index (χ2n) is 9.35. The third-order valence-corrected chi connectivity index (χ3v) is 6.44. The summed E-state index contributed by atoms with van der Waals surface area (Å²) in [5.74, 6) is 0. The summed E-state index contributed by atoms with van der Waals surface area (Å²) in [5, 5.41) is 0. The third kappa shape index (κ3) is 8.72. The van der Waals surface area contributed by atoms with Crippen molar-refractivity contribution in [3.05, 3.63) is 120 Å². The molecule has 0 unspecified atom stereocenters. The first kappa shape index (κ1) is 26.3. The van der Waals surface area contributed by atoms with Crippen LogP contribution in [-0.4, -0.2) is 24.9 Å². The highest BCUT2D eigenvalue weighted by Gasteiger charge is 2.32. The van der Waals surface area contributed by atoms with Crippen LogP contribution in [0.25, 0.3) is 0 Å². The van der Waals surface area contributed by atoms with Crippen molar-refractivity contribution in [1.29, 1.82) is 0 Å². The molecule has 0 bridgehead atoms. The quantitative estimate of drug-likeness (QED) is 0.176. The molecular weight excluding hydrogens is 448 g/mol. The van der Waals surface area contributed by atoms with Crippen molar-refractivity contribution in [2.75, 3.05) is 6.61 Å². The van der Waals surface area contributed by atoms with E-state index < -0.39 is 0 Å². The van der Waals surface area contributed by atoms with Gasteiger partial charge in [-0.25, -0.2) is 0 Å². The maximum absolute atomic E-state index is 6.45. The van der Waals surface area contributed by atoms with E-state index in [1.165, 1.54) is 11.1 Å². The molecule has 1 fully saturated rings. The molecule has 190 valence electrons. The van der Waals surface area contributed by atoms with Crippen LogP contribution < -0.4 is 0 Å². The summed E-state index contributed by atoms with van der Waals surface area (Å²) < 4.78 is 25.0. The van der Waals surface area contributed by atoms with Gasteiger partial charge in [0.25, 0.3) is 0 Å². The molecule has 4 atom stereocenters. The molecule has 4 rings (SSSR count). The van der Waals surface area contributed by atoms with Crippen LogP contribution in [0.3, 0.4) is 0 Å². The number of hydrogen-bond donors (Lipinski definition) is 0. The lowest BCUT2D eigenvalue weighted by atomic mass is 9.99. The third-order valence-electron chi connectivity index (χ3n) is 6.44. The summed E-state index contributed by atoms with van der Waals surface area (Å²) in [6.45, 7) is 5.90. The molecule has 1 saturated heterocycles. The maximum Gasteiger partial charge on any atom is 0.184 e. The molecule has 0 N–H and O–H groups in total. The lowest BCUT2D eigenvalue weighted by Gasteiger charge is -2.37. The van der Waals surface area contributed by atoms with Gasteiger partial charge in [0, 0.05) is 25.0 Å². The van der Waals surface area contributed by atoms with E-state index in [-0.39, 0.29) is 24.6 Å². The fraction of sp³-hybridized carbons (Fsp3) is 0.375. The van der Waals surface area contributed by atoms with Crippen LogP contribution in [0.5, 0.6) is 0 Å². The van der Waals surface area contributed by atoms with E-state index in [2.05, 4.69) is 43.0 Å². The predicted molar refractivity (Wildman–Crippen MR) is 143 cm³/mol. The average Bonchev–Trinajstić information content (AvgIpc) is 2.93. The minimum Gasteiger partial charge on any atom is -0.377 e. The van der Waals surface area contributed by atoms with Gasteiger partial charge >= 0.3 is 0 Å². The lowest BCUT2D eigenvalue weighted by Crippen LogP contribution is -2.36. The minimum atomic E-state index is -0.362. The molecule has 0 aromatic heterocycles. The van der Waals surface area contributed by atoms with Gasteiger partial charge in [-0.3, -0.25) is 0 Å². The zero-order valence-electron chi connectivity index (χ0n) is 21.0. The second-order valence-corrected chi connectivity index (χ2v) is 9.35. The summed E-state index contributed by atoms with van der Waals surface area (Å²) >= 11 is 0. The first-order chi connectivity index (χ1) is 17.8. The monoisotopic (exact) mass is 486 g/mol. The SMILES string of the molecule is C=CC[C@H](C[C@@H]1C[C@H](CCCOCc2ccccc2)O[C@H](c2ccccc2)O1)OCc1ccccc1. The Morgan fingerprint density at radius 2 is 1.42 bits per heavy atom. The first-order valence-electron chi connectivity index (χ1n) is 13.0. The van der Waals surface area contributed by atoms with E-state index in [0.717, 1.165) is 44.3 Å². The van der Waals surface area contributed by atoms with Gasteiger partial charge in [-0.05, 0) is 30.4 Å². The van der Waals surface area contributed by atoms with E-state index in [9.17, 15) is 0 Å². The molecule has 36 heavy (non-hydrogen) atoms. The Kier molecular flexibility index (Phi) is 10.8. The van der Waals surface area contributed by atoms with Crippen LogP contribution in [0.2, 0.25) is 0 Å². The number of rotatable bonds is 14. The van der Waals surface area contributed by atoms with Crippen molar-refractivity contribution in [2.24, 2.45) is 0 Å². The molecular formula is C32H38O4. The Labute approximate surface area is 215 Å². The summed E-state index contributed by atoms with van der Waals surface area (Å²) in [4.78, 5) is 0. The van der Waals surface area contributed by atoms with E-state index in [1.54, 1.807) is 0 Å². The van der Waals surface area contributed by atoms with Gasteiger partial charge in [0.15, 0.2) is 6.29 Å². The highest BCUT2D eigenvalue weighted by molar-refractivity contribution is 5.17. The van der Waals surface area contributed by atoms with Gasteiger partial charge in [0.05, 0.1) is 31.5 Å². The van der Waals surface area contributed by atoms with E-state index in [4.69, 9.17) is 18.9 Å². The first-order valence-corrected chi connectivity index (χ1v) is 13.0.